The molecule has 16 heavy (non-hydrogen) atoms. The smallest absolute Gasteiger partial charge is 0.337 e. The maximum absolute atomic E-state index is 11.0. The molecule has 0 radical (unpaired) electrons. The lowest BCUT2D eigenvalue weighted by Gasteiger charge is -2.01. The molecule has 2 aromatic rings. The van der Waals surface area contributed by atoms with Gasteiger partial charge in [0, 0.05) is 0 Å². The molecule has 0 fully saturated rings. The molecular weight excluding hydrogens is 212 g/mol. The third-order valence-electron chi connectivity index (χ3n) is 2.23. The largest absolute Gasteiger partial charge is 0.494 e. The summed E-state index contributed by atoms with van der Waals surface area (Å²) in [5.74, 6) is -0.516. The number of rotatable bonds is 3. The van der Waals surface area contributed by atoms with Gasteiger partial charge in [-0.2, -0.15) is 4.98 Å². The second-order valence-electron chi connectivity index (χ2n) is 3.09. The Bertz CT molecular complexity index is 547. The summed E-state index contributed by atoms with van der Waals surface area (Å²) in [6.07, 6.45) is 0. The van der Waals surface area contributed by atoms with Crippen molar-refractivity contribution in [2.75, 3.05) is 14.2 Å². The van der Waals surface area contributed by atoms with Gasteiger partial charge in [0.1, 0.15) is 16.8 Å². The van der Waals surface area contributed by atoms with Gasteiger partial charge in [-0.1, -0.05) is 0 Å². The first-order valence-corrected chi connectivity index (χ1v) is 4.51. The highest BCUT2D eigenvalue weighted by Gasteiger charge is 2.16. The van der Waals surface area contributed by atoms with Crippen molar-refractivity contribution in [1.82, 2.24) is 9.97 Å². The van der Waals surface area contributed by atoms with Crippen molar-refractivity contribution in [1.29, 1.82) is 0 Å². The van der Waals surface area contributed by atoms with E-state index in [0.717, 1.165) is 0 Å². The van der Waals surface area contributed by atoms with E-state index in [2.05, 4.69) is 9.97 Å². The number of imidazole rings is 1. The number of H-pyrrole nitrogens is 1. The van der Waals surface area contributed by atoms with E-state index < -0.39 is 5.97 Å². The molecule has 1 aromatic heterocycles. The second-order valence-corrected chi connectivity index (χ2v) is 3.09. The Labute approximate surface area is 90.8 Å². The number of nitrogens with zero attached hydrogens (tertiary/aromatic N) is 1. The summed E-state index contributed by atoms with van der Waals surface area (Å²) < 4.78 is 10.0. The molecule has 1 aromatic carbocycles. The van der Waals surface area contributed by atoms with E-state index in [-0.39, 0.29) is 11.6 Å². The number of carbonyl (C=O) groups is 1. The Hall–Kier alpha value is -2.24. The predicted octanol–water partition coefficient (Wildman–Crippen LogP) is 1.28. The van der Waals surface area contributed by atoms with Crippen molar-refractivity contribution in [3.05, 3.63) is 17.7 Å². The van der Waals surface area contributed by atoms with Crippen molar-refractivity contribution in [3.63, 3.8) is 0 Å². The summed E-state index contributed by atoms with van der Waals surface area (Å²) in [6, 6.07) is 3.27. The standard InChI is InChI=1S/C10H10N2O4/c1-15-6-4-3-5(9(13)14)7-8(6)12-10(11-7)16-2/h3-4H,1-2H3,(H,11,12)(H,13,14). The number of aromatic nitrogens is 2. The highest BCUT2D eigenvalue weighted by Crippen LogP contribution is 2.28. The zero-order valence-electron chi connectivity index (χ0n) is 8.77. The topological polar surface area (TPSA) is 84.4 Å². The molecule has 0 unspecified atom stereocenters. The van der Waals surface area contributed by atoms with Gasteiger partial charge in [0.05, 0.1) is 19.8 Å². The fourth-order valence-electron chi connectivity index (χ4n) is 1.49. The van der Waals surface area contributed by atoms with Gasteiger partial charge < -0.3 is 19.6 Å². The molecule has 0 saturated carbocycles. The molecule has 6 heteroatoms. The zero-order valence-corrected chi connectivity index (χ0v) is 8.77. The van der Waals surface area contributed by atoms with Gasteiger partial charge >= 0.3 is 5.97 Å². The van der Waals surface area contributed by atoms with Crippen LogP contribution in [-0.4, -0.2) is 35.3 Å². The van der Waals surface area contributed by atoms with Crippen LogP contribution >= 0.6 is 0 Å². The van der Waals surface area contributed by atoms with Crippen LogP contribution in [0.4, 0.5) is 0 Å². The number of ether oxygens (including phenoxy) is 2. The number of fused-ring (bicyclic) bond motifs is 1. The van der Waals surface area contributed by atoms with Crippen LogP contribution in [-0.2, 0) is 0 Å². The van der Waals surface area contributed by atoms with E-state index in [1.54, 1.807) is 6.07 Å². The Morgan fingerprint density at radius 1 is 1.38 bits per heavy atom. The Morgan fingerprint density at radius 3 is 2.69 bits per heavy atom. The van der Waals surface area contributed by atoms with Crippen molar-refractivity contribution < 1.29 is 19.4 Å². The van der Waals surface area contributed by atoms with Crippen molar-refractivity contribution in [2.24, 2.45) is 0 Å². The van der Waals surface area contributed by atoms with Gasteiger partial charge in [0.25, 0.3) is 6.01 Å². The molecule has 0 atom stereocenters. The minimum atomic E-state index is -1.04. The normalized spacial score (nSPS) is 10.4. The maximum atomic E-state index is 11.0. The summed E-state index contributed by atoms with van der Waals surface area (Å²) in [4.78, 5) is 17.8. The van der Waals surface area contributed by atoms with Crippen LogP contribution in [0.2, 0.25) is 0 Å². The number of benzene rings is 1. The second kappa shape index (κ2) is 3.73. The fraction of sp³-hybridized carbons (Fsp3) is 0.200. The van der Waals surface area contributed by atoms with Crippen molar-refractivity contribution >= 4 is 17.0 Å². The first-order chi connectivity index (χ1) is 7.67. The minimum Gasteiger partial charge on any atom is -0.494 e. The molecule has 0 aliphatic heterocycles. The number of hydrogen-bond acceptors (Lipinski definition) is 4. The molecule has 0 aliphatic carbocycles. The molecule has 84 valence electrons. The maximum Gasteiger partial charge on any atom is 0.337 e. The van der Waals surface area contributed by atoms with E-state index >= 15 is 0 Å². The quantitative estimate of drug-likeness (QED) is 0.817. The van der Waals surface area contributed by atoms with Crippen LogP contribution < -0.4 is 9.47 Å². The Kier molecular flexibility index (Phi) is 2.40. The molecule has 0 saturated heterocycles. The number of aromatic amines is 1. The lowest BCUT2D eigenvalue weighted by Crippen LogP contribution is -1.98. The lowest BCUT2D eigenvalue weighted by molar-refractivity contribution is 0.0699. The third kappa shape index (κ3) is 1.44. The van der Waals surface area contributed by atoms with E-state index in [0.29, 0.717) is 16.8 Å². The molecule has 0 spiro atoms. The molecule has 6 nitrogen and oxygen atoms in total. The van der Waals surface area contributed by atoms with Crippen molar-refractivity contribution in [2.45, 2.75) is 0 Å². The van der Waals surface area contributed by atoms with Crippen LogP contribution in [0.1, 0.15) is 10.4 Å². The van der Waals surface area contributed by atoms with Gasteiger partial charge in [-0.3, -0.25) is 0 Å². The Balaban J connectivity index is 2.77. The van der Waals surface area contributed by atoms with E-state index in [4.69, 9.17) is 14.6 Å². The van der Waals surface area contributed by atoms with Gasteiger partial charge in [0.2, 0.25) is 0 Å². The number of carboxylic acid groups (broad SMARTS) is 1. The predicted molar refractivity (Wildman–Crippen MR) is 56.2 cm³/mol. The van der Waals surface area contributed by atoms with Crippen molar-refractivity contribution in [3.8, 4) is 11.8 Å². The van der Waals surface area contributed by atoms with Gasteiger partial charge in [-0.25, -0.2) is 4.79 Å². The van der Waals surface area contributed by atoms with Crippen LogP contribution in [0.25, 0.3) is 11.0 Å². The number of methoxy groups -OCH3 is 2. The highest BCUT2D eigenvalue weighted by molar-refractivity contribution is 6.02. The van der Waals surface area contributed by atoms with Gasteiger partial charge in [-0.05, 0) is 12.1 Å². The third-order valence-corrected chi connectivity index (χ3v) is 2.23. The SMILES string of the molecule is COc1nc2c(C(=O)O)ccc(OC)c2[nH]1. The number of hydrogen-bond donors (Lipinski definition) is 2. The molecule has 2 N–H and O–H groups in total. The minimum absolute atomic E-state index is 0.107. The zero-order chi connectivity index (χ0) is 11.7. The van der Waals surface area contributed by atoms with Crippen LogP contribution in [0, 0.1) is 0 Å². The number of nitrogens with one attached hydrogen (secondary N) is 1. The molecule has 0 amide bonds. The number of carboxylic acids is 1. The van der Waals surface area contributed by atoms with E-state index in [1.807, 2.05) is 0 Å². The van der Waals surface area contributed by atoms with Gasteiger partial charge in [-0.15, -0.1) is 0 Å². The number of aromatic carboxylic acids is 1. The fourth-order valence-corrected chi connectivity index (χ4v) is 1.49. The molecular formula is C10H10N2O4. The first kappa shape index (κ1) is 10.3. The summed E-state index contributed by atoms with van der Waals surface area (Å²) in [5, 5.41) is 8.99. The van der Waals surface area contributed by atoms with Crippen LogP contribution in [0.15, 0.2) is 12.1 Å². The summed E-state index contributed by atoms with van der Waals surface area (Å²) in [6.45, 7) is 0. The summed E-state index contributed by atoms with van der Waals surface area (Å²) >= 11 is 0. The average Bonchev–Trinajstić information content (AvgIpc) is 2.70. The van der Waals surface area contributed by atoms with E-state index in [9.17, 15) is 4.79 Å². The summed E-state index contributed by atoms with van der Waals surface area (Å²) in [7, 11) is 2.95. The van der Waals surface area contributed by atoms with Gasteiger partial charge in [0.15, 0.2) is 0 Å². The monoisotopic (exact) mass is 222 g/mol. The molecule has 0 aliphatic rings. The van der Waals surface area contributed by atoms with E-state index in [1.165, 1.54) is 20.3 Å². The highest BCUT2D eigenvalue weighted by atomic mass is 16.5. The first-order valence-electron chi connectivity index (χ1n) is 4.51. The molecule has 1 heterocycles. The molecule has 2 rings (SSSR count). The molecule has 0 bridgehead atoms. The average molecular weight is 222 g/mol. The Morgan fingerprint density at radius 2 is 2.12 bits per heavy atom. The summed E-state index contributed by atoms with van der Waals surface area (Å²) in [5.41, 5.74) is 0.943. The van der Waals surface area contributed by atoms with Crippen LogP contribution in [0.5, 0.6) is 11.8 Å². The lowest BCUT2D eigenvalue weighted by atomic mass is 10.2. The van der Waals surface area contributed by atoms with Crippen LogP contribution in [0.3, 0.4) is 0 Å².